The molecule has 1 saturated carbocycles. The van der Waals surface area contributed by atoms with Crippen molar-refractivity contribution in [3.8, 4) is 0 Å². The van der Waals surface area contributed by atoms with E-state index in [0.29, 0.717) is 12.0 Å². The normalized spacial score (nSPS) is 24.3. The number of hydrogen-bond acceptors (Lipinski definition) is 4. The van der Waals surface area contributed by atoms with Crippen molar-refractivity contribution in [2.24, 2.45) is 11.7 Å². The second kappa shape index (κ2) is 6.27. The van der Waals surface area contributed by atoms with Gasteiger partial charge in [-0.3, -0.25) is 4.90 Å². The van der Waals surface area contributed by atoms with Gasteiger partial charge in [0.1, 0.15) is 5.76 Å². The third-order valence-electron chi connectivity index (χ3n) is 4.42. The second-order valence-corrected chi connectivity index (χ2v) is 7.13. The smallest absolute Gasteiger partial charge is 0.208 e. The first-order valence-electron chi connectivity index (χ1n) is 7.77. The quantitative estimate of drug-likeness (QED) is 0.920. The van der Waals surface area contributed by atoms with Gasteiger partial charge in [0.25, 0.3) is 0 Å². The summed E-state index contributed by atoms with van der Waals surface area (Å²) in [5.74, 6) is 2.39. The van der Waals surface area contributed by atoms with E-state index in [-0.39, 0.29) is 5.41 Å². The van der Waals surface area contributed by atoms with Crippen molar-refractivity contribution in [3.63, 3.8) is 0 Å². The first-order valence-corrected chi connectivity index (χ1v) is 7.77. The van der Waals surface area contributed by atoms with Gasteiger partial charge in [0.05, 0.1) is 12.7 Å². The zero-order chi connectivity index (χ0) is 14.8. The summed E-state index contributed by atoms with van der Waals surface area (Å²) in [5.41, 5.74) is 5.94. The molecule has 0 bridgehead atoms. The molecule has 20 heavy (non-hydrogen) atoms. The Hall–Kier alpha value is -0.870. The number of rotatable bonds is 4. The van der Waals surface area contributed by atoms with Crippen LogP contribution in [0.2, 0.25) is 0 Å². The maximum Gasteiger partial charge on any atom is 0.208 e. The standard InChI is InChI=1S/C16H29N3O/c1-16(2,3)14-10-18-15(20-14)11-19(4)13-8-6-5-7-12(13)9-17/h10,12-13H,5-9,11,17H2,1-4H3. The second-order valence-electron chi connectivity index (χ2n) is 7.13. The van der Waals surface area contributed by atoms with E-state index >= 15 is 0 Å². The van der Waals surface area contributed by atoms with Crippen molar-refractivity contribution < 1.29 is 4.42 Å². The topological polar surface area (TPSA) is 55.3 Å². The van der Waals surface area contributed by atoms with E-state index in [1.807, 2.05) is 6.20 Å². The lowest BCUT2D eigenvalue weighted by Crippen LogP contribution is -2.42. The molecule has 0 saturated heterocycles. The molecular formula is C16H29N3O. The predicted octanol–water partition coefficient (Wildman–Crippen LogP) is 2.92. The van der Waals surface area contributed by atoms with E-state index in [2.05, 4.69) is 37.7 Å². The molecule has 0 aromatic carbocycles. The highest BCUT2D eigenvalue weighted by Crippen LogP contribution is 2.28. The highest BCUT2D eigenvalue weighted by Gasteiger charge is 2.28. The van der Waals surface area contributed by atoms with Crippen LogP contribution in [-0.2, 0) is 12.0 Å². The van der Waals surface area contributed by atoms with E-state index < -0.39 is 0 Å². The minimum Gasteiger partial charge on any atom is -0.444 e. The summed E-state index contributed by atoms with van der Waals surface area (Å²) in [6.45, 7) is 8.00. The predicted molar refractivity (Wildman–Crippen MR) is 81.5 cm³/mol. The van der Waals surface area contributed by atoms with Crippen LogP contribution in [0.5, 0.6) is 0 Å². The summed E-state index contributed by atoms with van der Waals surface area (Å²) < 4.78 is 5.89. The Bertz CT molecular complexity index is 422. The maximum atomic E-state index is 5.92. The van der Waals surface area contributed by atoms with Gasteiger partial charge in [-0.2, -0.15) is 0 Å². The molecule has 1 aliphatic carbocycles. The molecule has 114 valence electrons. The molecule has 4 heteroatoms. The highest BCUT2D eigenvalue weighted by atomic mass is 16.4. The molecule has 0 aliphatic heterocycles. The Labute approximate surface area is 122 Å². The van der Waals surface area contributed by atoms with Gasteiger partial charge in [-0.15, -0.1) is 0 Å². The average Bonchev–Trinajstić information content (AvgIpc) is 2.87. The highest BCUT2D eigenvalue weighted by molar-refractivity contribution is 5.06. The molecule has 1 heterocycles. The van der Waals surface area contributed by atoms with Crippen LogP contribution < -0.4 is 5.73 Å². The number of nitrogens with zero attached hydrogens (tertiary/aromatic N) is 2. The van der Waals surface area contributed by atoms with Crippen LogP contribution in [0.25, 0.3) is 0 Å². The minimum atomic E-state index is 0.0223. The van der Waals surface area contributed by atoms with E-state index in [4.69, 9.17) is 10.2 Å². The zero-order valence-electron chi connectivity index (χ0n) is 13.4. The summed E-state index contributed by atoms with van der Waals surface area (Å²) >= 11 is 0. The lowest BCUT2D eigenvalue weighted by atomic mass is 9.84. The van der Waals surface area contributed by atoms with Crippen molar-refractivity contribution >= 4 is 0 Å². The van der Waals surface area contributed by atoms with Crippen molar-refractivity contribution in [1.29, 1.82) is 0 Å². The van der Waals surface area contributed by atoms with Gasteiger partial charge in [0.15, 0.2) is 0 Å². The van der Waals surface area contributed by atoms with Gasteiger partial charge in [0, 0.05) is 11.5 Å². The SMILES string of the molecule is CN(Cc1ncc(C(C)(C)C)o1)C1CCCCC1CN. The molecule has 0 spiro atoms. The number of oxazole rings is 1. The Balaban J connectivity index is 2.00. The van der Waals surface area contributed by atoms with Gasteiger partial charge < -0.3 is 10.2 Å². The Kier molecular flexibility index (Phi) is 4.86. The Morgan fingerprint density at radius 3 is 2.65 bits per heavy atom. The molecule has 2 rings (SSSR count). The molecule has 0 radical (unpaired) electrons. The third-order valence-corrected chi connectivity index (χ3v) is 4.42. The van der Waals surface area contributed by atoms with Crippen LogP contribution in [0.15, 0.2) is 10.6 Å². The fourth-order valence-corrected chi connectivity index (χ4v) is 3.10. The van der Waals surface area contributed by atoms with Crippen molar-refractivity contribution in [3.05, 3.63) is 17.8 Å². The monoisotopic (exact) mass is 279 g/mol. The number of nitrogens with two attached hydrogens (primary N) is 1. The number of hydrogen-bond donors (Lipinski definition) is 1. The Morgan fingerprint density at radius 2 is 2.05 bits per heavy atom. The van der Waals surface area contributed by atoms with Gasteiger partial charge in [-0.05, 0) is 32.4 Å². The molecule has 1 aromatic heterocycles. The minimum absolute atomic E-state index is 0.0223. The van der Waals surface area contributed by atoms with Crippen molar-refractivity contribution in [2.45, 2.75) is 64.5 Å². The maximum absolute atomic E-state index is 5.92. The van der Waals surface area contributed by atoms with Crippen LogP contribution in [0.4, 0.5) is 0 Å². The molecular weight excluding hydrogens is 250 g/mol. The van der Waals surface area contributed by atoms with Crippen LogP contribution in [0.1, 0.15) is 58.1 Å². The Morgan fingerprint density at radius 1 is 1.35 bits per heavy atom. The third kappa shape index (κ3) is 3.61. The molecule has 2 atom stereocenters. The molecule has 2 N–H and O–H groups in total. The van der Waals surface area contributed by atoms with Gasteiger partial charge in [-0.25, -0.2) is 4.98 Å². The van der Waals surface area contributed by atoms with Crippen LogP contribution in [0.3, 0.4) is 0 Å². The van der Waals surface area contributed by atoms with Crippen LogP contribution in [-0.4, -0.2) is 29.5 Å². The first kappa shape index (κ1) is 15.5. The lowest BCUT2D eigenvalue weighted by molar-refractivity contribution is 0.117. The zero-order valence-corrected chi connectivity index (χ0v) is 13.4. The van der Waals surface area contributed by atoms with E-state index in [0.717, 1.165) is 24.7 Å². The van der Waals surface area contributed by atoms with Gasteiger partial charge >= 0.3 is 0 Å². The lowest BCUT2D eigenvalue weighted by Gasteiger charge is -2.37. The van der Waals surface area contributed by atoms with Crippen molar-refractivity contribution in [1.82, 2.24) is 9.88 Å². The summed E-state index contributed by atoms with van der Waals surface area (Å²) in [6, 6.07) is 0.568. The molecule has 1 fully saturated rings. The summed E-state index contributed by atoms with van der Waals surface area (Å²) in [5, 5.41) is 0. The van der Waals surface area contributed by atoms with Crippen LogP contribution >= 0.6 is 0 Å². The van der Waals surface area contributed by atoms with Crippen molar-refractivity contribution in [2.75, 3.05) is 13.6 Å². The molecule has 4 nitrogen and oxygen atoms in total. The van der Waals surface area contributed by atoms with E-state index in [1.165, 1.54) is 25.7 Å². The van der Waals surface area contributed by atoms with E-state index in [1.54, 1.807) is 0 Å². The fourth-order valence-electron chi connectivity index (χ4n) is 3.10. The molecule has 1 aromatic rings. The summed E-state index contributed by atoms with van der Waals surface area (Å²) in [6.07, 6.45) is 6.99. The fraction of sp³-hybridized carbons (Fsp3) is 0.812. The number of aromatic nitrogens is 1. The van der Waals surface area contributed by atoms with Crippen LogP contribution in [0, 0.1) is 5.92 Å². The van der Waals surface area contributed by atoms with E-state index in [9.17, 15) is 0 Å². The largest absolute Gasteiger partial charge is 0.444 e. The molecule has 1 aliphatic rings. The molecule has 0 amide bonds. The summed E-state index contributed by atoms with van der Waals surface area (Å²) in [4.78, 5) is 6.80. The van der Waals surface area contributed by atoms with Gasteiger partial charge in [0.2, 0.25) is 5.89 Å². The average molecular weight is 279 g/mol. The summed E-state index contributed by atoms with van der Waals surface area (Å²) in [7, 11) is 2.17. The molecule has 2 unspecified atom stereocenters. The van der Waals surface area contributed by atoms with Gasteiger partial charge in [-0.1, -0.05) is 33.6 Å². The first-order chi connectivity index (χ1) is 9.41.